The van der Waals surface area contributed by atoms with E-state index < -0.39 is 63.8 Å². The van der Waals surface area contributed by atoms with Crippen LogP contribution in [-0.2, 0) is 42.3 Å². The summed E-state index contributed by atoms with van der Waals surface area (Å²) < 4.78 is 32.6. The smallest absolute Gasteiger partial charge is 0.472 e. The first kappa shape index (κ1) is 52.3. The summed E-state index contributed by atoms with van der Waals surface area (Å²) in [5.41, 5.74) is 5.32. The number of aliphatic hydroxyl groups excluding tert-OH is 1. The van der Waals surface area contributed by atoms with E-state index in [4.69, 9.17) is 24.8 Å². The van der Waals surface area contributed by atoms with Crippen LogP contribution in [0.25, 0.3) is 0 Å². The van der Waals surface area contributed by atoms with Crippen LogP contribution in [0, 0.1) is 11.8 Å². The van der Waals surface area contributed by atoms with Crippen LogP contribution in [0.15, 0.2) is 85.1 Å². The van der Waals surface area contributed by atoms with E-state index in [0.717, 1.165) is 57.8 Å². The molecule has 13 nitrogen and oxygen atoms in total. The van der Waals surface area contributed by atoms with Crippen molar-refractivity contribution in [2.45, 2.75) is 135 Å². The Morgan fingerprint density at radius 3 is 2.10 bits per heavy atom. The molecule has 0 spiro atoms. The van der Waals surface area contributed by atoms with E-state index in [1.165, 1.54) is 0 Å². The molecule has 1 rings (SSSR count). The van der Waals surface area contributed by atoms with Gasteiger partial charge in [-0.25, -0.2) is 4.57 Å². The molecule has 1 aliphatic carbocycles. The van der Waals surface area contributed by atoms with Crippen molar-refractivity contribution < 1.29 is 57.4 Å². The van der Waals surface area contributed by atoms with Gasteiger partial charge in [-0.2, -0.15) is 0 Å². The minimum atomic E-state index is -4.79. The van der Waals surface area contributed by atoms with Gasteiger partial charge in [0, 0.05) is 18.8 Å². The molecule has 58 heavy (non-hydrogen) atoms. The predicted molar refractivity (Wildman–Crippen MR) is 225 cm³/mol. The molecule has 0 aliphatic heterocycles. The number of ether oxygens (including phenoxy) is 2. The Labute approximate surface area is 345 Å². The lowest BCUT2D eigenvalue weighted by molar-refractivity contribution is -0.161. The highest BCUT2D eigenvalue weighted by atomic mass is 31.2. The average molecular weight is 834 g/mol. The zero-order valence-corrected chi connectivity index (χ0v) is 35.3. The number of carboxylic acids is 1. The van der Waals surface area contributed by atoms with Gasteiger partial charge in [-0.3, -0.25) is 28.2 Å². The number of aliphatic hydroxyl groups is 1. The molecule has 1 aliphatic rings. The Morgan fingerprint density at radius 1 is 0.810 bits per heavy atom. The van der Waals surface area contributed by atoms with Gasteiger partial charge in [0.05, 0.1) is 19.3 Å². The molecule has 0 aromatic rings. The van der Waals surface area contributed by atoms with Gasteiger partial charge in [-0.15, -0.1) is 0 Å². The summed E-state index contributed by atoms with van der Waals surface area (Å²) in [7, 11) is -4.79. The summed E-state index contributed by atoms with van der Waals surface area (Å²) in [6.07, 6.45) is 37.2. The summed E-state index contributed by atoms with van der Waals surface area (Å²) in [5.74, 6) is -2.96. The maximum Gasteiger partial charge on any atom is 0.472 e. The second kappa shape index (κ2) is 33.2. The van der Waals surface area contributed by atoms with Crippen LogP contribution < -0.4 is 5.73 Å². The molecule has 6 atom stereocenters. The van der Waals surface area contributed by atoms with Crippen molar-refractivity contribution >= 4 is 31.5 Å². The van der Waals surface area contributed by atoms with Crippen molar-refractivity contribution in [1.29, 1.82) is 0 Å². The number of esters is 2. The fourth-order valence-electron chi connectivity index (χ4n) is 5.51. The Bertz CT molecular complexity index is 1450. The number of hydrogen-bond acceptors (Lipinski definition) is 11. The van der Waals surface area contributed by atoms with E-state index in [0.29, 0.717) is 32.1 Å². The van der Waals surface area contributed by atoms with Gasteiger partial charge < -0.3 is 30.3 Å². The molecule has 5 N–H and O–H groups in total. The first-order valence-electron chi connectivity index (χ1n) is 20.7. The minimum Gasteiger partial charge on any atom is -0.480 e. The van der Waals surface area contributed by atoms with Gasteiger partial charge in [-0.05, 0) is 82.6 Å². The molecule has 0 fully saturated rings. The molecule has 0 aromatic heterocycles. The highest BCUT2D eigenvalue weighted by Crippen LogP contribution is 2.43. The Hall–Kier alpha value is -3.71. The van der Waals surface area contributed by atoms with E-state index in [2.05, 4.69) is 67.0 Å². The van der Waals surface area contributed by atoms with Gasteiger partial charge in [-0.1, -0.05) is 112 Å². The third kappa shape index (κ3) is 27.8. The van der Waals surface area contributed by atoms with Crippen LogP contribution in [0.3, 0.4) is 0 Å². The highest BCUT2D eigenvalue weighted by Gasteiger charge is 2.29. The monoisotopic (exact) mass is 833 g/mol. The number of ketones is 1. The molecule has 0 saturated heterocycles. The number of allylic oxidation sites excluding steroid dienone is 13. The van der Waals surface area contributed by atoms with Gasteiger partial charge in [0.2, 0.25) is 0 Å². The molecule has 1 unspecified atom stereocenters. The summed E-state index contributed by atoms with van der Waals surface area (Å²) in [6.45, 7) is 2.31. The maximum absolute atomic E-state index is 12.7. The maximum atomic E-state index is 12.7. The van der Waals surface area contributed by atoms with E-state index in [1.807, 2.05) is 18.2 Å². The first-order chi connectivity index (χ1) is 27.9. The summed E-state index contributed by atoms with van der Waals surface area (Å²) in [4.78, 5) is 58.4. The molecule has 0 saturated carbocycles. The molecular formula is C44H68NO12P. The fraction of sp³-hybridized carbons (Fsp3) is 0.591. The molecule has 14 heteroatoms. The van der Waals surface area contributed by atoms with Gasteiger partial charge >= 0.3 is 25.7 Å². The number of hydrogen-bond donors (Lipinski definition) is 4. The number of unbranched alkanes of at least 4 members (excludes halogenated alkanes) is 5. The van der Waals surface area contributed by atoms with Crippen molar-refractivity contribution in [1.82, 2.24) is 0 Å². The largest absolute Gasteiger partial charge is 0.480 e. The van der Waals surface area contributed by atoms with E-state index in [-0.39, 0.29) is 30.5 Å². The highest BCUT2D eigenvalue weighted by molar-refractivity contribution is 7.47. The second-order valence-electron chi connectivity index (χ2n) is 14.0. The van der Waals surface area contributed by atoms with Crippen LogP contribution >= 0.6 is 7.82 Å². The van der Waals surface area contributed by atoms with Crippen molar-refractivity contribution in [3.8, 4) is 0 Å². The second-order valence-corrected chi connectivity index (χ2v) is 15.5. The third-order valence-electron chi connectivity index (χ3n) is 8.88. The topological polar surface area (TPSA) is 209 Å². The number of aliphatic carboxylic acids is 1. The number of carbonyl (C=O) groups is 4. The standard InChI is InChI=1S/C44H68NO12P/c1-3-5-7-8-9-10-11-12-13-14-15-16-17-18-23-27-42(48)54-33-38(34-55-58(52,53)56-35-40(45)44(50)51)57-43(49)28-24-20-19-22-25-36-29-32-41(47)39(36)31-30-37(46)26-21-6-4-2/h5,7,9-10,12-13,15-16,19,22,29-32,36-40,46H,3-4,6,8,11,14,17-18,20-21,23-28,33-35,45H2,1-2H3,(H,50,51)(H,52,53)/b7-5-,10-9-,13-12-,16-15-,22-19-,31-30+/t36-,37-,38+,39+,40-/m0/s1. The predicted octanol–water partition coefficient (Wildman–Crippen LogP) is 8.34. The quantitative estimate of drug-likeness (QED) is 0.0208. The lowest BCUT2D eigenvalue weighted by Crippen LogP contribution is -2.34. The number of carbonyl (C=O) groups excluding carboxylic acids is 3. The number of nitrogens with two attached hydrogens (primary N) is 1. The SMILES string of the molecule is CC/C=C\C/C=C\C/C=C\C/C=C\CCCCC(=O)OC[C@H](COP(=O)(O)OC[C@H](N)C(=O)O)OC(=O)CCC/C=C\C[C@H]1C=CC(=O)[C@@H]1/C=C/[C@@H](O)CCCCC. The third-order valence-corrected chi connectivity index (χ3v) is 9.83. The van der Waals surface area contributed by atoms with Gasteiger partial charge in [0.25, 0.3) is 0 Å². The van der Waals surface area contributed by atoms with E-state index in [1.54, 1.807) is 18.2 Å². The number of rotatable bonds is 34. The molecule has 326 valence electrons. The van der Waals surface area contributed by atoms with Crippen LogP contribution in [0.4, 0.5) is 0 Å². The van der Waals surface area contributed by atoms with Crippen LogP contribution in [0.5, 0.6) is 0 Å². The van der Waals surface area contributed by atoms with Crippen molar-refractivity contribution in [3.05, 3.63) is 85.1 Å². The summed E-state index contributed by atoms with van der Waals surface area (Å²) >= 11 is 0. The molecule has 0 bridgehead atoms. The van der Waals surface area contributed by atoms with Gasteiger partial charge in [0.15, 0.2) is 11.9 Å². The van der Waals surface area contributed by atoms with E-state index >= 15 is 0 Å². The lowest BCUT2D eigenvalue weighted by Gasteiger charge is -2.20. The number of phosphoric acid groups is 1. The normalized spacial score (nSPS) is 18.7. The summed E-state index contributed by atoms with van der Waals surface area (Å²) in [5, 5.41) is 19.1. The van der Waals surface area contributed by atoms with Crippen molar-refractivity contribution in [2.24, 2.45) is 17.6 Å². The average Bonchev–Trinajstić information content (AvgIpc) is 3.55. The summed E-state index contributed by atoms with van der Waals surface area (Å²) in [6, 6.07) is -1.56. The fourth-order valence-corrected chi connectivity index (χ4v) is 6.29. The first-order valence-corrected chi connectivity index (χ1v) is 22.2. The minimum absolute atomic E-state index is 0.00403. The Morgan fingerprint density at radius 2 is 1.43 bits per heavy atom. The van der Waals surface area contributed by atoms with Crippen LogP contribution in [0.2, 0.25) is 0 Å². The Kier molecular flexibility index (Phi) is 29.9. The van der Waals surface area contributed by atoms with Crippen LogP contribution in [0.1, 0.15) is 117 Å². The number of carboxylic acid groups (broad SMARTS) is 1. The Balaban J connectivity index is 2.54. The van der Waals surface area contributed by atoms with Crippen molar-refractivity contribution in [2.75, 3.05) is 19.8 Å². The van der Waals surface area contributed by atoms with E-state index in [9.17, 15) is 33.7 Å². The number of phosphoric ester groups is 1. The zero-order chi connectivity index (χ0) is 42.9. The lowest BCUT2D eigenvalue weighted by atomic mass is 9.90. The molecule has 0 heterocycles. The van der Waals surface area contributed by atoms with Gasteiger partial charge in [0.1, 0.15) is 12.6 Å². The zero-order valence-electron chi connectivity index (χ0n) is 34.4. The molecule has 0 aromatic carbocycles. The van der Waals surface area contributed by atoms with Crippen molar-refractivity contribution in [3.63, 3.8) is 0 Å². The molecule has 0 amide bonds. The van der Waals surface area contributed by atoms with Crippen LogP contribution in [-0.4, -0.2) is 76.9 Å². The molecular weight excluding hydrogens is 765 g/mol. The molecule has 0 radical (unpaired) electrons.